The van der Waals surface area contributed by atoms with E-state index in [0.717, 1.165) is 45.3 Å². The maximum Gasteiger partial charge on any atom is 0.263 e. The fourth-order valence-electron chi connectivity index (χ4n) is 3.68. The number of amidine groups is 1. The lowest BCUT2D eigenvalue weighted by Crippen LogP contribution is -2.30. The van der Waals surface area contributed by atoms with Crippen LogP contribution < -0.4 is 10.0 Å². The van der Waals surface area contributed by atoms with Gasteiger partial charge in [0.25, 0.3) is 10.0 Å². The maximum atomic E-state index is 12.2. The zero-order chi connectivity index (χ0) is 19.3. The zero-order valence-electron chi connectivity index (χ0n) is 16.2. The minimum absolute atomic E-state index is 0. The number of nitrogens with zero attached hydrogens (tertiary/aromatic N) is 2. The Balaban J connectivity index is 0.00000280. The molecule has 2 aliphatic rings. The lowest BCUT2D eigenvalue weighted by atomic mass is 10.1. The van der Waals surface area contributed by atoms with Crippen LogP contribution >= 0.6 is 12.4 Å². The molecule has 1 aromatic carbocycles. The molecule has 0 bridgehead atoms. The van der Waals surface area contributed by atoms with Crippen LogP contribution in [0.3, 0.4) is 0 Å². The predicted octanol–water partition coefficient (Wildman–Crippen LogP) is 1.78. The standard InChI is InChI=1S/C19H28N4O3S.ClH/c1-20-13-15-10-12-23(14-15)18(24)9-3-2-6-11-21-19-16-7-4-5-8-17(16)27(25,26)22-19;/h4-5,7-8,15,20H,2-3,6,9-14H2,1H3,(H,21,22);1H. The van der Waals surface area contributed by atoms with Crippen molar-refractivity contribution in [3.05, 3.63) is 29.8 Å². The number of hydrogen-bond donors (Lipinski definition) is 2. The number of carbonyl (C=O) groups is 1. The Morgan fingerprint density at radius 1 is 1.29 bits per heavy atom. The van der Waals surface area contributed by atoms with Crippen molar-refractivity contribution in [3.8, 4) is 0 Å². The molecule has 9 heteroatoms. The molecule has 0 aromatic heterocycles. The molecule has 7 nitrogen and oxygen atoms in total. The second-order valence-electron chi connectivity index (χ2n) is 7.19. The van der Waals surface area contributed by atoms with E-state index in [2.05, 4.69) is 15.0 Å². The predicted molar refractivity (Wildman–Crippen MR) is 112 cm³/mol. The number of nitrogens with one attached hydrogen (secondary N) is 2. The number of amides is 1. The van der Waals surface area contributed by atoms with Crippen LogP contribution in [0.1, 0.15) is 37.7 Å². The third kappa shape index (κ3) is 5.46. The van der Waals surface area contributed by atoms with Gasteiger partial charge in [0, 0.05) is 31.6 Å². The average molecular weight is 429 g/mol. The Morgan fingerprint density at radius 3 is 2.86 bits per heavy atom. The Bertz CT molecular complexity index is 813. The second kappa shape index (κ2) is 10.2. The van der Waals surface area contributed by atoms with Crippen molar-refractivity contribution in [3.63, 3.8) is 0 Å². The molecule has 1 amide bonds. The number of sulfonamides is 1. The van der Waals surface area contributed by atoms with Crippen molar-refractivity contribution < 1.29 is 13.2 Å². The number of benzene rings is 1. The topological polar surface area (TPSA) is 90.9 Å². The molecular weight excluding hydrogens is 400 g/mol. The minimum Gasteiger partial charge on any atom is -0.342 e. The highest BCUT2D eigenvalue weighted by molar-refractivity contribution is 7.90. The van der Waals surface area contributed by atoms with Crippen molar-refractivity contribution >= 4 is 34.2 Å². The first-order valence-corrected chi connectivity index (χ1v) is 11.1. The Hall–Kier alpha value is -1.64. The smallest absolute Gasteiger partial charge is 0.263 e. The summed E-state index contributed by atoms with van der Waals surface area (Å²) in [5.41, 5.74) is 0.637. The van der Waals surface area contributed by atoms with Crippen LogP contribution in [0.4, 0.5) is 0 Å². The molecule has 1 aromatic rings. The highest BCUT2D eigenvalue weighted by Gasteiger charge is 2.30. The molecule has 28 heavy (non-hydrogen) atoms. The van der Waals surface area contributed by atoms with Crippen molar-refractivity contribution in [2.24, 2.45) is 10.9 Å². The Morgan fingerprint density at radius 2 is 2.07 bits per heavy atom. The van der Waals surface area contributed by atoms with Gasteiger partial charge in [-0.15, -0.1) is 12.4 Å². The van der Waals surface area contributed by atoms with Gasteiger partial charge in [-0.1, -0.05) is 18.6 Å². The molecule has 0 saturated carbocycles. The van der Waals surface area contributed by atoms with E-state index in [-0.39, 0.29) is 23.2 Å². The van der Waals surface area contributed by atoms with Gasteiger partial charge in [0.15, 0.2) is 0 Å². The number of unbranched alkanes of at least 4 members (excludes halogenated alkanes) is 2. The van der Waals surface area contributed by atoms with Gasteiger partial charge < -0.3 is 10.2 Å². The molecule has 1 unspecified atom stereocenters. The van der Waals surface area contributed by atoms with E-state index >= 15 is 0 Å². The monoisotopic (exact) mass is 428 g/mol. The van der Waals surface area contributed by atoms with Crippen molar-refractivity contribution in [2.75, 3.05) is 33.2 Å². The summed E-state index contributed by atoms with van der Waals surface area (Å²) in [5, 5.41) is 3.18. The van der Waals surface area contributed by atoms with Gasteiger partial charge >= 0.3 is 0 Å². The maximum absolute atomic E-state index is 12.2. The molecule has 3 rings (SSSR count). The largest absolute Gasteiger partial charge is 0.342 e. The number of rotatable bonds is 8. The van der Waals surface area contributed by atoms with Crippen LogP contribution in [0.25, 0.3) is 0 Å². The van der Waals surface area contributed by atoms with Crippen LogP contribution in [-0.4, -0.2) is 58.3 Å². The third-order valence-electron chi connectivity index (χ3n) is 5.11. The Kier molecular flexibility index (Phi) is 8.27. The molecular formula is C19H29ClN4O3S. The lowest BCUT2D eigenvalue weighted by molar-refractivity contribution is -0.130. The average Bonchev–Trinajstić information content (AvgIpc) is 3.21. The number of hydrogen-bond acceptors (Lipinski definition) is 5. The van der Waals surface area contributed by atoms with E-state index in [4.69, 9.17) is 0 Å². The van der Waals surface area contributed by atoms with E-state index in [1.807, 2.05) is 18.0 Å². The number of carbonyl (C=O) groups excluding carboxylic acids is 1. The molecule has 156 valence electrons. The van der Waals surface area contributed by atoms with Crippen molar-refractivity contribution in [1.29, 1.82) is 0 Å². The summed E-state index contributed by atoms with van der Waals surface area (Å²) in [6.07, 6.45) is 4.26. The van der Waals surface area contributed by atoms with Gasteiger partial charge in [-0.05, 0) is 50.9 Å². The SMILES string of the molecule is CNCC1CCN(C(=O)CCCCCN=C2NS(=O)(=O)c3ccccc32)C1.Cl. The number of likely N-dealkylation sites (tertiary alicyclic amines) is 1. The van der Waals surface area contributed by atoms with Crippen LogP contribution in [0.15, 0.2) is 34.2 Å². The summed E-state index contributed by atoms with van der Waals surface area (Å²) in [4.78, 5) is 18.9. The van der Waals surface area contributed by atoms with Crippen molar-refractivity contribution in [1.82, 2.24) is 14.9 Å². The summed E-state index contributed by atoms with van der Waals surface area (Å²) in [7, 11) is -1.52. The van der Waals surface area contributed by atoms with Crippen LogP contribution in [0, 0.1) is 5.92 Å². The number of halogens is 1. The van der Waals surface area contributed by atoms with Crippen molar-refractivity contribution in [2.45, 2.75) is 37.0 Å². The van der Waals surface area contributed by atoms with Gasteiger partial charge in [-0.25, -0.2) is 8.42 Å². The first kappa shape index (κ1) is 22.6. The quantitative estimate of drug-likeness (QED) is 0.617. The molecule has 0 radical (unpaired) electrons. The molecule has 2 aliphatic heterocycles. The fraction of sp³-hybridized carbons (Fsp3) is 0.579. The van der Waals surface area contributed by atoms with Gasteiger partial charge in [0.1, 0.15) is 5.84 Å². The first-order valence-electron chi connectivity index (χ1n) is 9.60. The highest BCUT2D eigenvalue weighted by Crippen LogP contribution is 2.22. The summed E-state index contributed by atoms with van der Waals surface area (Å²) < 4.78 is 26.6. The molecule has 2 heterocycles. The molecule has 0 aliphatic carbocycles. The molecule has 1 saturated heterocycles. The van der Waals surface area contributed by atoms with E-state index < -0.39 is 10.0 Å². The minimum atomic E-state index is -3.47. The second-order valence-corrected chi connectivity index (χ2v) is 8.85. The zero-order valence-corrected chi connectivity index (χ0v) is 17.8. The molecule has 0 spiro atoms. The molecule has 1 fully saturated rings. The van der Waals surface area contributed by atoms with E-state index in [9.17, 15) is 13.2 Å². The van der Waals surface area contributed by atoms with Gasteiger partial charge in [0.05, 0.1) is 4.90 Å². The van der Waals surface area contributed by atoms with E-state index in [1.165, 1.54) is 0 Å². The number of fused-ring (bicyclic) bond motifs is 1. The van der Waals surface area contributed by atoms with Crippen LogP contribution in [0.5, 0.6) is 0 Å². The molecule has 2 N–H and O–H groups in total. The van der Waals surface area contributed by atoms with E-state index in [1.54, 1.807) is 18.2 Å². The summed E-state index contributed by atoms with van der Waals surface area (Å²) in [6, 6.07) is 6.87. The summed E-state index contributed by atoms with van der Waals surface area (Å²) in [5.74, 6) is 1.25. The van der Waals surface area contributed by atoms with Crippen LogP contribution in [-0.2, 0) is 14.8 Å². The van der Waals surface area contributed by atoms with E-state index in [0.29, 0.717) is 30.3 Å². The fourth-order valence-corrected chi connectivity index (χ4v) is 4.93. The Labute approximate surface area is 173 Å². The van der Waals surface area contributed by atoms with Gasteiger partial charge in [-0.3, -0.25) is 14.5 Å². The van der Waals surface area contributed by atoms with Gasteiger partial charge in [-0.2, -0.15) is 0 Å². The van der Waals surface area contributed by atoms with Crippen LogP contribution in [0.2, 0.25) is 0 Å². The van der Waals surface area contributed by atoms with Gasteiger partial charge in [0.2, 0.25) is 5.91 Å². The molecule has 1 atom stereocenters. The lowest BCUT2D eigenvalue weighted by Gasteiger charge is -2.16. The number of aliphatic imine (C=N–C) groups is 1. The normalized spacial score (nSPS) is 21.2. The summed E-state index contributed by atoms with van der Waals surface area (Å²) >= 11 is 0. The first-order chi connectivity index (χ1) is 13.0. The third-order valence-corrected chi connectivity index (χ3v) is 6.51. The summed E-state index contributed by atoms with van der Waals surface area (Å²) in [6.45, 7) is 3.26. The highest BCUT2D eigenvalue weighted by atomic mass is 35.5.